The van der Waals surface area contributed by atoms with E-state index in [9.17, 15) is 0 Å². The summed E-state index contributed by atoms with van der Waals surface area (Å²) in [5, 5.41) is 0.384. The van der Waals surface area contributed by atoms with E-state index in [2.05, 4.69) is 15.0 Å². The predicted octanol–water partition coefficient (Wildman–Crippen LogP) is 1.52. The van der Waals surface area contributed by atoms with Crippen LogP contribution in [0.25, 0.3) is 11.2 Å². The summed E-state index contributed by atoms with van der Waals surface area (Å²) < 4.78 is 7.16. The highest BCUT2D eigenvalue weighted by molar-refractivity contribution is 6.33. The maximum Gasteiger partial charge on any atom is 0.164 e. The smallest absolute Gasteiger partial charge is 0.164 e. The molecule has 6 heteroatoms. The highest BCUT2D eigenvalue weighted by Gasteiger charge is 2.07. The Labute approximate surface area is 92.1 Å². The standard InChI is InChI=1S/C9H11ClN4O/c1-2-15-4-3-14-6-13-7-8(10)11-5-12-9(7)14/h5-6H,2-4H2,1H3. The van der Waals surface area contributed by atoms with Gasteiger partial charge in [0.1, 0.15) is 11.8 Å². The number of hydrogen-bond donors (Lipinski definition) is 0. The quantitative estimate of drug-likeness (QED) is 0.586. The van der Waals surface area contributed by atoms with E-state index in [1.54, 1.807) is 6.33 Å². The monoisotopic (exact) mass is 226 g/mol. The molecule has 0 unspecified atom stereocenters. The lowest BCUT2D eigenvalue weighted by atomic mass is 10.5. The zero-order valence-electron chi connectivity index (χ0n) is 8.35. The zero-order chi connectivity index (χ0) is 10.7. The van der Waals surface area contributed by atoms with Crippen LogP contribution in [-0.2, 0) is 11.3 Å². The summed E-state index contributed by atoms with van der Waals surface area (Å²) in [6.07, 6.45) is 3.13. The fourth-order valence-electron chi connectivity index (χ4n) is 1.32. The highest BCUT2D eigenvalue weighted by atomic mass is 35.5. The van der Waals surface area contributed by atoms with Crippen LogP contribution in [0.1, 0.15) is 6.92 Å². The molecule has 0 aliphatic carbocycles. The third-order valence-electron chi connectivity index (χ3n) is 2.04. The minimum Gasteiger partial charge on any atom is -0.380 e. The van der Waals surface area contributed by atoms with E-state index < -0.39 is 0 Å². The first-order valence-electron chi connectivity index (χ1n) is 4.72. The lowest BCUT2D eigenvalue weighted by Crippen LogP contribution is -2.05. The van der Waals surface area contributed by atoms with Crippen molar-refractivity contribution >= 4 is 22.8 Å². The van der Waals surface area contributed by atoms with Crippen LogP contribution in [0.5, 0.6) is 0 Å². The van der Waals surface area contributed by atoms with Crippen LogP contribution >= 0.6 is 11.6 Å². The molecule has 2 heterocycles. The molecule has 80 valence electrons. The van der Waals surface area contributed by atoms with E-state index in [4.69, 9.17) is 16.3 Å². The van der Waals surface area contributed by atoms with Gasteiger partial charge in [0.05, 0.1) is 12.9 Å². The molecule has 15 heavy (non-hydrogen) atoms. The molecule has 0 aliphatic rings. The van der Waals surface area contributed by atoms with E-state index >= 15 is 0 Å². The first-order chi connectivity index (χ1) is 7.33. The van der Waals surface area contributed by atoms with E-state index in [0.29, 0.717) is 23.9 Å². The van der Waals surface area contributed by atoms with Crippen molar-refractivity contribution in [3.63, 3.8) is 0 Å². The van der Waals surface area contributed by atoms with Gasteiger partial charge in [0.15, 0.2) is 10.8 Å². The van der Waals surface area contributed by atoms with Gasteiger partial charge in [-0.15, -0.1) is 0 Å². The SMILES string of the molecule is CCOCCn1cnc2c(Cl)ncnc21. The third-order valence-corrected chi connectivity index (χ3v) is 2.31. The van der Waals surface area contributed by atoms with Crippen LogP contribution in [-0.4, -0.2) is 32.7 Å². The topological polar surface area (TPSA) is 52.8 Å². The fourth-order valence-corrected chi connectivity index (χ4v) is 1.50. The van der Waals surface area contributed by atoms with Crippen LogP contribution in [0, 0.1) is 0 Å². The lowest BCUT2D eigenvalue weighted by Gasteiger charge is -2.02. The Kier molecular flexibility index (Phi) is 3.13. The minimum atomic E-state index is 0.384. The summed E-state index contributed by atoms with van der Waals surface area (Å²) in [7, 11) is 0. The van der Waals surface area contributed by atoms with Gasteiger partial charge >= 0.3 is 0 Å². The fraction of sp³-hybridized carbons (Fsp3) is 0.444. The summed E-state index contributed by atoms with van der Waals surface area (Å²) in [6.45, 7) is 4.04. The molecular formula is C9H11ClN4O. The number of nitrogens with zero attached hydrogens (tertiary/aromatic N) is 4. The van der Waals surface area contributed by atoms with Gasteiger partial charge in [0.25, 0.3) is 0 Å². The van der Waals surface area contributed by atoms with Crippen molar-refractivity contribution in [3.05, 3.63) is 17.8 Å². The number of rotatable bonds is 4. The molecule has 0 N–H and O–H groups in total. The number of ether oxygens (including phenoxy) is 1. The second kappa shape index (κ2) is 4.55. The van der Waals surface area contributed by atoms with Crippen LogP contribution in [0.15, 0.2) is 12.7 Å². The Morgan fingerprint density at radius 1 is 1.40 bits per heavy atom. The Balaban J connectivity index is 2.25. The number of halogens is 1. The van der Waals surface area contributed by atoms with Gasteiger partial charge in [-0.25, -0.2) is 15.0 Å². The van der Waals surface area contributed by atoms with Crippen molar-refractivity contribution < 1.29 is 4.74 Å². The van der Waals surface area contributed by atoms with Crippen molar-refractivity contribution in [2.75, 3.05) is 13.2 Å². The van der Waals surface area contributed by atoms with E-state index in [1.807, 2.05) is 11.5 Å². The molecule has 0 bridgehead atoms. The normalized spacial score (nSPS) is 11.1. The number of hydrogen-bond acceptors (Lipinski definition) is 4. The molecule has 0 aromatic carbocycles. The molecule has 5 nitrogen and oxygen atoms in total. The van der Waals surface area contributed by atoms with E-state index in [0.717, 1.165) is 12.2 Å². The van der Waals surface area contributed by atoms with Gasteiger partial charge in [-0.1, -0.05) is 11.6 Å². The van der Waals surface area contributed by atoms with Crippen molar-refractivity contribution in [3.8, 4) is 0 Å². The Morgan fingerprint density at radius 2 is 2.27 bits per heavy atom. The second-order valence-electron chi connectivity index (χ2n) is 2.97. The molecule has 0 aliphatic heterocycles. The first kappa shape index (κ1) is 10.3. The van der Waals surface area contributed by atoms with Crippen LogP contribution < -0.4 is 0 Å². The Morgan fingerprint density at radius 3 is 3.07 bits per heavy atom. The van der Waals surface area contributed by atoms with E-state index in [-0.39, 0.29) is 0 Å². The molecule has 2 rings (SSSR count). The highest BCUT2D eigenvalue weighted by Crippen LogP contribution is 2.16. The average Bonchev–Trinajstić information content (AvgIpc) is 2.64. The molecule has 0 saturated heterocycles. The molecule has 0 amide bonds. The van der Waals surface area contributed by atoms with Gasteiger partial charge in [0, 0.05) is 13.2 Å². The van der Waals surface area contributed by atoms with Crippen molar-refractivity contribution in [1.82, 2.24) is 19.5 Å². The van der Waals surface area contributed by atoms with Crippen LogP contribution in [0.2, 0.25) is 5.15 Å². The zero-order valence-corrected chi connectivity index (χ0v) is 9.11. The van der Waals surface area contributed by atoms with Gasteiger partial charge in [-0.05, 0) is 6.92 Å². The molecule has 0 radical (unpaired) electrons. The van der Waals surface area contributed by atoms with Crippen molar-refractivity contribution in [2.45, 2.75) is 13.5 Å². The number of aromatic nitrogens is 4. The third kappa shape index (κ3) is 2.08. The molecule has 2 aromatic rings. The van der Waals surface area contributed by atoms with Crippen molar-refractivity contribution in [1.29, 1.82) is 0 Å². The van der Waals surface area contributed by atoms with Gasteiger partial charge in [-0.2, -0.15) is 0 Å². The average molecular weight is 227 g/mol. The summed E-state index contributed by atoms with van der Waals surface area (Å²) in [6, 6.07) is 0. The van der Waals surface area contributed by atoms with Gasteiger partial charge in [-0.3, -0.25) is 0 Å². The molecule has 2 aromatic heterocycles. The summed E-state index contributed by atoms with van der Waals surface area (Å²) in [4.78, 5) is 12.1. The Hall–Kier alpha value is -1.20. The molecule has 0 saturated carbocycles. The molecule has 0 atom stereocenters. The van der Waals surface area contributed by atoms with Gasteiger partial charge in [0.2, 0.25) is 0 Å². The summed E-state index contributed by atoms with van der Waals surface area (Å²) in [5.74, 6) is 0. The molecule has 0 fully saturated rings. The maximum absolute atomic E-state index is 5.87. The lowest BCUT2D eigenvalue weighted by molar-refractivity contribution is 0.139. The predicted molar refractivity (Wildman–Crippen MR) is 56.8 cm³/mol. The Bertz CT molecular complexity index is 456. The second-order valence-corrected chi connectivity index (χ2v) is 3.33. The van der Waals surface area contributed by atoms with Gasteiger partial charge < -0.3 is 9.30 Å². The van der Waals surface area contributed by atoms with Crippen LogP contribution in [0.4, 0.5) is 0 Å². The largest absolute Gasteiger partial charge is 0.380 e. The van der Waals surface area contributed by atoms with E-state index in [1.165, 1.54) is 6.33 Å². The van der Waals surface area contributed by atoms with Crippen molar-refractivity contribution in [2.24, 2.45) is 0 Å². The molecular weight excluding hydrogens is 216 g/mol. The molecule has 0 spiro atoms. The minimum absolute atomic E-state index is 0.384. The summed E-state index contributed by atoms with van der Waals surface area (Å²) >= 11 is 5.87. The first-order valence-corrected chi connectivity index (χ1v) is 5.09. The maximum atomic E-state index is 5.87. The number of fused-ring (bicyclic) bond motifs is 1. The number of imidazole rings is 1. The van der Waals surface area contributed by atoms with Crippen LogP contribution in [0.3, 0.4) is 0 Å². The summed E-state index contributed by atoms with van der Waals surface area (Å²) in [5.41, 5.74) is 1.38.